The minimum absolute atomic E-state index is 0.226. The van der Waals surface area contributed by atoms with Crippen molar-refractivity contribution < 1.29 is 28.6 Å². The fourth-order valence-electron chi connectivity index (χ4n) is 7.47. The molecule has 6 heteroatoms. The highest BCUT2D eigenvalue weighted by Crippen LogP contribution is 2.15. The minimum Gasteiger partial charge on any atom is -0.458 e. The predicted octanol–water partition coefficient (Wildman–Crippen LogP) is 17.4. The zero-order chi connectivity index (χ0) is 45.8. The molecular weight excluding hydrogens is 781 g/mol. The summed E-state index contributed by atoms with van der Waals surface area (Å²) < 4.78 is 16.3. The summed E-state index contributed by atoms with van der Waals surface area (Å²) in [6, 6.07) is 0. The van der Waals surface area contributed by atoms with E-state index in [9.17, 15) is 14.4 Å². The molecule has 0 aromatic carbocycles. The van der Waals surface area contributed by atoms with Crippen LogP contribution in [0, 0.1) is 0 Å². The molecule has 63 heavy (non-hydrogen) atoms. The van der Waals surface area contributed by atoms with Crippen LogP contribution < -0.4 is 0 Å². The fourth-order valence-corrected chi connectivity index (χ4v) is 7.47. The molecule has 0 rings (SSSR count). The Labute approximate surface area is 389 Å². The molecule has 0 aliphatic rings. The maximum atomic E-state index is 12.7. The molecule has 0 aliphatic heterocycles. The number of hydrogen-bond donors (Lipinski definition) is 0. The van der Waals surface area contributed by atoms with E-state index in [1.807, 2.05) is 18.2 Å². The van der Waals surface area contributed by atoms with Crippen LogP contribution in [-0.2, 0) is 28.6 Å². The van der Waals surface area contributed by atoms with Crippen molar-refractivity contribution in [1.82, 2.24) is 0 Å². The maximum Gasteiger partial charge on any atom is 0.331 e. The second-order valence-electron chi connectivity index (χ2n) is 17.7. The molecule has 0 aliphatic carbocycles. The smallest absolute Gasteiger partial charge is 0.331 e. The van der Waals surface area contributed by atoms with Gasteiger partial charge in [0, 0.05) is 18.2 Å². The van der Waals surface area contributed by atoms with Gasteiger partial charge in [0.05, 0.1) is 0 Å². The summed E-state index contributed by atoms with van der Waals surface area (Å²) >= 11 is 0. The summed E-state index contributed by atoms with van der Waals surface area (Å²) in [5.41, 5.74) is 0. The van der Waals surface area contributed by atoms with Crippen LogP contribution in [0.15, 0.2) is 72.9 Å². The topological polar surface area (TPSA) is 78.9 Å². The van der Waals surface area contributed by atoms with Gasteiger partial charge < -0.3 is 14.2 Å². The van der Waals surface area contributed by atoms with Crippen LogP contribution in [0.1, 0.15) is 252 Å². The van der Waals surface area contributed by atoms with E-state index >= 15 is 0 Å². The summed E-state index contributed by atoms with van der Waals surface area (Å²) in [5, 5.41) is 0. The number of ether oxygens (including phenoxy) is 3. The molecule has 362 valence electrons. The van der Waals surface area contributed by atoms with Crippen molar-refractivity contribution >= 4 is 17.9 Å². The van der Waals surface area contributed by atoms with Crippen LogP contribution in [0.25, 0.3) is 0 Å². The first-order chi connectivity index (χ1) is 31.0. The molecule has 6 nitrogen and oxygen atoms in total. The van der Waals surface area contributed by atoms with Gasteiger partial charge in [0.1, 0.15) is 13.2 Å². The quantitative estimate of drug-likeness (QED) is 0.0199. The van der Waals surface area contributed by atoms with Gasteiger partial charge in [0.2, 0.25) is 0 Å². The molecule has 0 N–H and O–H groups in total. The first-order valence-corrected chi connectivity index (χ1v) is 26.6. The Kier molecular flexibility index (Phi) is 48.9. The normalized spacial score (nSPS) is 12.6. The van der Waals surface area contributed by atoms with Crippen LogP contribution >= 0.6 is 0 Å². The van der Waals surface area contributed by atoms with Crippen LogP contribution in [0.5, 0.6) is 0 Å². The zero-order valence-corrected chi connectivity index (χ0v) is 41.3. The highest BCUT2D eigenvalue weighted by Gasteiger charge is 2.17. The second-order valence-corrected chi connectivity index (χ2v) is 17.7. The van der Waals surface area contributed by atoms with Crippen LogP contribution in [0.3, 0.4) is 0 Å². The highest BCUT2D eigenvalue weighted by molar-refractivity contribution is 5.83. The molecule has 0 amide bonds. The minimum atomic E-state index is -0.939. The van der Waals surface area contributed by atoms with Gasteiger partial charge in [-0.05, 0) is 38.5 Å². The highest BCUT2D eigenvalue weighted by atomic mass is 16.6. The lowest BCUT2D eigenvalue weighted by Gasteiger charge is -2.16. The zero-order valence-electron chi connectivity index (χ0n) is 41.3. The van der Waals surface area contributed by atoms with Gasteiger partial charge in [0.25, 0.3) is 0 Å². The lowest BCUT2D eigenvalue weighted by Crippen LogP contribution is -2.29. The molecule has 0 aromatic heterocycles. The summed E-state index contributed by atoms with van der Waals surface area (Å²) in [4.78, 5) is 37.6. The summed E-state index contributed by atoms with van der Waals surface area (Å²) in [6.45, 7) is 6.33. The first kappa shape index (κ1) is 59.9. The molecular formula is C57H98O6. The Bertz CT molecular complexity index is 1130. The SMILES string of the molecule is CCCCCCCCCCCCCC=CC=CC(=O)OCC(COC(=O)C=CC=CCCCCCCCCCCCCC)OC(=O)C=CC=CCCCCCCCCCCCCC. The van der Waals surface area contributed by atoms with Crippen molar-refractivity contribution in [2.75, 3.05) is 13.2 Å². The molecule has 0 aromatic rings. The summed E-state index contributed by atoms with van der Waals surface area (Å²) in [5.74, 6) is -1.69. The van der Waals surface area contributed by atoms with E-state index < -0.39 is 24.0 Å². The van der Waals surface area contributed by atoms with Crippen LogP contribution in [0.2, 0.25) is 0 Å². The standard InChI is InChI=1S/C57H98O6/c1-4-7-10-13-16-19-22-25-28-31-34-37-40-43-46-49-55(58)61-52-54(63-57(60)51-48-45-42-39-36-33-30-27-24-21-18-15-12-9-6-3)53-62-56(59)50-47-44-41-38-35-32-29-26-23-20-17-14-11-8-5-2/h40-51,54H,4-39,52-53H2,1-3H3. The molecule has 0 atom stereocenters. The molecule has 0 fully saturated rings. The van der Waals surface area contributed by atoms with E-state index in [0.29, 0.717) is 0 Å². The third-order valence-corrected chi connectivity index (χ3v) is 11.5. The second kappa shape index (κ2) is 51.5. The lowest BCUT2D eigenvalue weighted by atomic mass is 10.1. The average Bonchev–Trinajstić information content (AvgIpc) is 3.28. The van der Waals surface area contributed by atoms with Crippen LogP contribution in [0.4, 0.5) is 0 Å². The molecule has 0 spiro atoms. The molecule has 0 bridgehead atoms. The van der Waals surface area contributed by atoms with Crippen molar-refractivity contribution in [1.29, 1.82) is 0 Å². The van der Waals surface area contributed by atoms with Gasteiger partial charge in [-0.15, -0.1) is 0 Å². The molecule has 0 radical (unpaired) electrons. The van der Waals surface area contributed by atoms with Gasteiger partial charge in [0.15, 0.2) is 6.10 Å². The maximum absolute atomic E-state index is 12.7. The molecule has 0 heterocycles. The lowest BCUT2D eigenvalue weighted by molar-refractivity contribution is -0.160. The van der Waals surface area contributed by atoms with Crippen molar-refractivity contribution in [3.05, 3.63) is 72.9 Å². The average molecular weight is 879 g/mol. The van der Waals surface area contributed by atoms with E-state index in [2.05, 4.69) is 39.0 Å². The van der Waals surface area contributed by atoms with Crippen molar-refractivity contribution in [2.45, 2.75) is 258 Å². The largest absolute Gasteiger partial charge is 0.458 e. The molecule has 0 saturated heterocycles. The first-order valence-electron chi connectivity index (χ1n) is 26.6. The van der Waals surface area contributed by atoms with E-state index in [0.717, 1.165) is 38.5 Å². The van der Waals surface area contributed by atoms with Crippen molar-refractivity contribution in [2.24, 2.45) is 0 Å². The van der Waals surface area contributed by atoms with E-state index in [-0.39, 0.29) is 13.2 Å². The number of hydrogen-bond acceptors (Lipinski definition) is 6. The number of unbranched alkanes of at least 4 members (excludes halogenated alkanes) is 33. The van der Waals surface area contributed by atoms with Gasteiger partial charge in [-0.3, -0.25) is 0 Å². The van der Waals surface area contributed by atoms with Gasteiger partial charge in [-0.2, -0.15) is 0 Å². The third-order valence-electron chi connectivity index (χ3n) is 11.5. The van der Waals surface area contributed by atoms with Gasteiger partial charge in [-0.1, -0.05) is 268 Å². The Hall–Kier alpha value is -3.15. The Morgan fingerprint density at radius 1 is 0.317 bits per heavy atom. The number of carbonyl (C=O) groups is 3. The van der Waals surface area contributed by atoms with Gasteiger partial charge >= 0.3 is 17.9 Å². The Balaban J connectivity index is 4.64. The Morgan fingerprint density at radius 2 is 0.556 bits per heavy atom. The van der Waals surface area contributed by atoms with Crippen LogP contribution in [-0.4, -0.2) is 37.2 Å². The fraction of sp³-hybridized carbons (Fsp3) is 0.737. The summed E-state index contributed by atoms with van der Waals surface area (Å²) in [6.07, 6.45) is 66.3. The van der Waals surface area contributed by atoms with Crippen molar-refractivity contribution in [3.63, 3.8) is 0 Å². The Morgan fingerprint density at radius 3 is 0.825 bits per heavy atom. The number of rotatable bonds is 47. The summed E-state index contributed by atoms with van der Waals surface area (Å²) in [7, 11) is 0. The number of esters is 3. The monoisotopic (exact) mass is 879 g/mol. The van der Waals surface area contributed by atoms with Gasteiger partial charge in [-0.25, -0.2) is 14.4 Å². The van der Waals surface area contributed by atoms with E-state index in [1.165, 1.54) is 211 Å². The predicted molar refractivity (Wildman–Crippen MR) is 270 cm³/mol. The number of allylic oxidation sites excluding steroid dienone is 9. The van der Waals surface area contributed by atoms with Crippen molar-refractivity contribution in [3.8, 4) is 0 Å². The molecule has 0 saturated carbocycles. The van der Waals surface area contributed by atoms with E-state index in [1.54, 1.807) is 18.2 Å². The third kappa shape index (κ3) is 49.7. The van der Waals surface area contributed by atoms with E-state index in [4.69, 9.17) is 14.2 Å². The molecule has 0 unspecified atom stereocenters. The number of carbonyl (C=O) groups excluding carboxylic acids is 3.